The van der Waals surface area contributed by atoms with Gasteiger partial charge in [0.15, 0.2) is 0 Å². The van der Waals surface area contributed by atoms with Gasteiger partial charge in [-0.05, 0) is 46.8 Å². The Kier molecular flexibility index (Phi) is 4.78. The van der Waals surface area contributed by atoms with Crippen molar-refractivity contribution in [1.29, 1.82) is 0 Å². The Bertz CT molecular complexity index is 1890. The zero-order chi connectivity index (χ0) is 23.9. The number of nitrogens with zero attached hydrogens (tertiary/aromatic N) is 3. The van der Waals surface area contributed by atoms with Crippen LogP contribution in [0.3, 0.4) is 0 Å². The van der Waals surface area contributed by atoms with Crippen LogP contribution in [0.2, 0.25) is 0 Å². The maximum atomic E-state index is 5.10. The Morgan fingerprint density at radius 3 is 1.89 bits per heavy atom. The molecule has 0 saturated carbocycles. The number of rotatable bonds is 3. The zero-order valence-corrected chi connectivity index (χ0v) is 19.5. The molecule has 3 heteroatoms. The van der Waals surface area contributed by atoms with Crippen molar-refractivity contribution in [1.82, 2.24) is 15.0 Å². The summed E-state index contributed by atoms with van der Waals surface area (Å²) in [7, 11) is 0. The smallest absolute Gasteiger partial charge is 0.0973 e. The van der Waals surface area contributed by atoms with Gasteiger partial charge in [-0.2, -0.15) is 0 Å². The monoisotopic (exact) mass is 459 g/mol. The van der Waals surface area contributed by atoms with E-state index in [9.17, 15) is 0 Å². The summed E-state index contributed by atoms with van der Waals surface area (Å²) in [6, 6.07) is 41.9. The fourth-order valence-corrected chi connectivity index (χ4v) is 4.99. The van der Waals surface area contributed by atoms with Crippen LogP contribution < -0.4 is 0 Å². The molecular weight excluding hydrogens is 438 g/mol. The molecule has 168 valence electrons. The van der Waals surface area contributed by atoms with Crippen molar-refractivity contribution in [3.63, 3.8) is 0 Å². The molecule has 7 rings (SSSR count). The lowest BCUT2D eigenvalue weighted by Crippen LogP contribution is -1.95. The highest BCUT2D eigenvalue weighted by molar-refractivity contribution is 6.12. The predicted molar refractivity (Wildman–Crippen MR) is 149 cm³/mol. The van der Waals surface area contributed by atoms with Crippen molar-refractivity contribution in [2.45, 2.75) is 0 Å². The molecule has 0 aliphatic rings. The second-order valence-electron chi connectivity index (χ2n) is 8.90. The third-order valence-electron chi connectivity index (χ3n) is 6.68. The third kappa shape index (κ3) is 3.41. The molecule has 5 aromatic carbocycles. The fourth-order valence-electron chi connectivity index (χ4n) is 4.99. The Balaban J connectivity index is 1.48. The van der Waals surface area contributed by atoms with Gasteiger partial charge in [-0.25, -0.2) is 9.97 Å². The SMILES string of the molecule is c1ccc(-c2nc3ccccc3nc2-c2cccc(-c3cc4cccnc4c4ccccc34)c2)cc1. The first kappa shape index (κ1) is 20.5. The molecule has 0 saturated heterocycles. The average Bonchev–Trinajstić information content (AvgIpc) is 2.96. The maximum absolute atomic E-state index is 5.10. The Labute approximate surface area is 208 Å². The van der Waals surface area contributed by atoms with E-state index >= 15 is 0 Å². The predicted octanol–water partition coefficient (Wildman–Crippen LogP) is 8.33. The van der Waals surface area contributed by atoms with E-state index in [4.69, 9.17) is 9.97 Å². The van der Waals surface area contributed by atoms with E-state index in [2.05, 4.69) is 77.8 Å². The fraction of sp³-hybridized carbons (Fsp3) is 0. The highest BCUT2D eigenvalue weighted by atomic mass is 14.8. The molecule has 0 unspecified atom stereocenters. The Morgan fingerprint density at radius 2 is 1.08 bits per heavy atom. The molecule has 0 aliphatic heterocycles. The van der Waals surface area contributed by atoms with Crippen molar-refractivity contribution < 1.29 is 0 Å². The average molecular weight is 460 g/mol. The van der Waals surface area contributed by atoms with Gasteiger partial charge in [-0.15, -0.1) is 0 Å². The number of hydrogen-bond donors (Lipinski definition) is 0. The second-order valence-corrected chi connectivity index (χ2v) is 8.90. The molecule has 0 radical (unpaired) electrons. The minimum absolute atomic E-state index is 0.883. The van der Waals surface area contributed by atoms with Crippen LogP contribution in [-0.2, 0) is 0 Å². The summed E-state index contributed by atoms with van der Waals surface area (Å²) >= 11 is 0. The van der Waals surface area contributed by atoms with Crippen molar-refractivity contribution in [2.24, 2.45) is 0 Å². The van der Waals surface area contributed by atoms with Crippen LogP contribution in [-0.4, -0.2) is 15.0 Å². The van der Waals surface area contributed by atoms with Crippen molar-refractivity contribution >= 4 is 32.7 Å². The Morgan fingerprint density at radius 1 is 0.444 bits per heavy atom. The minimum atomic E-state index is 0.883. The molecule has 3 nitrogen and oxygen atoms in total. The molecular formula is C33H21N3. The van der Waals surface area contributed by atoms with E-state index in [0.717, 1.165) is 55.4 Å². The van der Waals surface area contributed by atoms with Gasteiger partial charge < -0.3 is 0 Å². The van der Waals surface area contributed by atoms with E-state index in [1.54, 1.807) is 0 Å². The summed E-state index contributed by atoms with van der Waals surface area (Å²) in [5.74, 6) is 0. The van der Waals surface area contributed by atoms with Gasteiger partial charge in [0.05, 0.1) is 27.9 Å². The summed E-state index contributed by atoms with van der Waals surface area (Å²) in [6.45, 7) is 0. The summed E-state index contributed by atoms with van der Waals surface area (Å²) in [4.78, 5) is 14.8. The van der Waals surface area contributed by atoms with Gasteiger partial charge in [-0.3, -0.25) is 4.98 Å². The van der Waals surface area contributed by atoms with Crippen LogP contribution in [0.25, 0.3) is 66.4 Å². The van der Waals surface area contributed by atoms with E-state index in [-0.39, 0.29) is 0 Å². The van der Waals surface area contributed by atoms with Gasteiger partial charge in [0.2, 0.25) is 0 Å². The zero-order valence-electron chi connectivity index (χ0n) is 19.5. The number of fused-ring (bicyclic) bond motifs is 4. The molecule has 0 atom stereocenters. The number of benzene rings is 5. The highest BCUT2D eigenvalue weighted by Crippen LogP contribution is 2.37. The normalized spacial score (nSPS) is 11.3. The first-order valence-electron chi connectivity index (χ1n) is 12.0. The lowest BCUT2D eigenvalue weighted by atomic mass is 9.93. The quantitative estimate of drug-likeness (QED) is 0.249. The minimum Gasteiger partial charge on any atom is -0.256 e. The van der Waals surface area contributed by atoms with Crippen LogP contribution in [0, 0.1) is 0 Å². The molecule has 0 aliphatic carbocycles. The molecule has 0 N–H and O–H groups in total. The standard InChI is InChI=1S/C33H21N3/c1-2-10-22(11-3-1)32-33(36-30-18-7-6-17-29(30)35-32)24-13-8-12-23(20-24)28-21-25-14-9-19-34-31(25)27-16-5-4-15-26(27)28/h1-21H. The molecule has 0 amide bonds. The van der Waals surface area contributed by atoms with Crippen LogP contribution in [0.5, 0.6) is 0 Å². The van der Waals surface area contributed by atoms with Crippen LogP contribution in [0.4, 0.5) is 0 Å². The van der Waals surface area contributed by atoms with E-state index in [0.29, 0.717) is 0 Å². The molecule has 2 heterocycles. The molecule has 0 bridgehead atoms. The van der Waals surface area contributed by atoms with E-state index in [1.807, 2.05) is 54.7 Å². The summed E-state index contributed by atoms with van der Waals surface area (Å²) < 4.78 is 0. The van der Waals surface area contributed by atoms with Gasteiger partial charge in [0.25, 0.3) is 0 Å². The summed E-state index contributed by atoms with van der Waals surface area (Å²) in [5.41, 5.74) is 9.00. The van der Waals surface area contributed by atoms with Crippen LogP contribution in [0.1, 0.15) is 0 Å². The first-order chi connectivity index (χ1) is 17.8. The molecule has 2 aromatic heterocycles. The number of para-hydroxylation sites is 2. The van der Waals surface area contributed by atoms with Crippen LogP contribution >= 0.6 is 0 Å². The molecule has 0 spiro atoms. The molecule has 7 aromatic rings. The largest absolute Gasteiger partial charge is 0.256 e. The highest BCUT2D eigenvalue weighted by Gasteiger charge is 2.15. The first-order valence-corrected chi connectivity index (χ1v) is 12.0. The molecule has 0 fully saturated rings. The van der Waals surface area contributed by atoms with Crippen molar-refractivity contribution in [3.8, 4) is 33.6 Å². The van der Waals surface area contributed by atoms with E-state index < -0.39 is 0 Å². The number of aromatic nitrogens is 3. The maximum Gasteiger partial charge on any atom is 0.0973 e. The van der Waals surface area contributed by atoms with E-state index in [1.165, 1.54) is 10.9 Å². The van der Waals surface area contributed by atoms with Gasteiger partial charge >= 0.3 is 0 Å². The summed E-state index contributed by atoms with van der Waals surface area (Å²) in [5, 5.41) is 3.48. The van der Waals surface area contributed by atoms with Gasteiger partial charge in [0, 0.05) is 28.1 Å². The lowest BCUT2D eigenvalue weighted by Gasteiger charge is -2.13. The topological polar surface area (TPSA) is 38.7 Å². The summed E-state index contributed by atoms with van der Waals surface area (Å²) in [6.07, 6.45) is 1.86. The molecule has 36 heavy (non-hydrogen) atoms. The van der Waals surface area contributed by atoms with Crippen molar-refractivity contribution in [2.75, 3.05) is 0 Å². The van der Waals surface area contributed by atoms with Crippen LogP contribution in [0.15, 0.2) is 128 Å². The number of pyridine rings is 1. The second kappa shape index (κ2) is 8.40. The lowest BCUT2D eigenvalue weighted by molar-refractivity contribution is 1.29. The Hall–Kier alpha value is -4.89. The van der Waals surface area contributed by atoms with Crippen molar-refractivity contribution in [3.05, 3.63) is 128 Å². The number of hydrogen-bond acceptors (Lipinski definition) is 3. The van der Waals surface area contributed by atoms with Gasteiger partial charge in [-0.1, -0.05) is 91.0 Å². The third-order valence-corrected chi connectivity index (χ3v) is 6.68. The van der Waals surface area contributed by atoms with Gasteiger partial charge in [0.1, 0.15) is 0 Å².